The largest absolute Gasteiger partial charge is 0.341 e. The van der Waals surface area contributed by atoms with Crippen molar-refractivity contribution >= 4 is 21.7 Å². The molecule has 6 rings (SSSR count). The van der Waals surface area contributed by atoms with Crippen molar-refractivity contribution in [3.63, 3.8) is 0 Å². The molecule has 1 aliphatic carbocycles. The van der Waals surface area contributed by atoms with Gasteiger partial charge in [0.05, 0.1) is 4.90 Å². The molecule has 2 atom stereocenters. The number of piperidine rings is 1. The molecule has 3 heterocycles. The fourth-order valence-corrected chi connectivity index (χ4v) is 7.60. The van der Waals surface area contributed by atoms with E-state index in [1.54, 1.807) is 12.1 Å². The summed E-state index contributed by atoms with van der Waals surface area (Å²) in [6.07, 6.45) is 5.92. The van der Waals surface area contributed by atoms with E-state index < -0.39 is 9.84 Å². The van der Waals surface area contributed by atoms with Gasteiger partial charge in [0.2, 0.25) is 11.8 Å². The fourth-order valence-electron chi connectivity index (χ4n) is 6.97. The Morgan fingerprint density at radius 1 is 0.974 bits per heavy atom. The zero-order valence-corrected chi connectivity index (χ0v) is 23.6. The Morgan fingerprint density at radius 3 is 2.31 bits per heavy atom. The van der Waals surface area contributed by atoms with Gasteiger partial charge < -0.3 is 14.7 Å². The van der Waals surface area contributed by atoms with Crippen molar-refractivity contribution in [3.8, 4) is 0 Å². The highest BCUT2D eigenvalue weighted by Crippen LogP contribution is 2.43. The molecular formula is C31H39N3O4S. The van der Waals surface area contributed by atoms with Crippen molar-refractivity contribution in [2.24, 2.45) is 17.3 Å². The molecule has 2 amide bonds. The minimum atomic E-state index is -3.23. The summed E-state index contributed by atoms with van der Waals surface area (Å²) in [7, 11) is -3.23. The van der Waals surface area contributed by atoms with E-state index in [2.05, 4.69) is 40.1 Å². The summed E-state index contributed by atoms with van der Waals surface area (Å²) in [5.74, 6) is 1.62. The van der Waals surface area contributed by atoms with Crippen LogP contribution in [0.25, 0.3) is 0 Å². The average molecular weight is 550 g/mol. The van der Waals surface area contributed by atoms with Gasteiger partial charge in [-0.3, -0.25) is 9.59 Å². The lowest BCUT2D eigenvalue weighted by atomic mass is 9.77. The molecule has 3 aliphatic heterocycles. The predicted molar refractivity (Wildman–Crippen MR) is 150 cm³/mol. The Balaban J connectivity index is 1.06. The number of benzene rings is 2. The minimum absolute atomic E-state index is 0.0305. The zero-order chi connectivity index (χ0) is 27.2. The van der Waals surface area contributed by atoms with Crippen molar-refractivity contribution in [1.82, 2.24) is 14.7 Å². The van der Waals surface area contributed by atoms with E-state index in [1.807, 2.05) is 17.0 Å². The van der Waals surface area contributed by atoms with Crippen molar-refractivity contribution in [2.45, 2.75) is 49.5 Å². The minimum Gasteiger partial charge on any atom is -0.341 e. The zero-order valence-electron chi connectivity index (χ0n) is 22.8. The summed E-state index contributed by atoms with van der Waals surface area (Å²) in [5.41, 5.74) is 2.33. The van der Waals surface area contributed by atoms with Crippen LogP contribution in [-0.4, -0.2) is 80.5 Å². The van der Waals surface area contributed by atoms with Gasteiger partial charge >= 0.3 is 0 Å². The fraction of sp³-hybridized carbons (Fsp3) is 0.548. The van der Waals surface area contributed by atoms with Gasteiger partial charge in [-0.1, -0.05) is 42.5 Å². The van der Waals surface area contributed by atoms with Gasteiger partial charge in [0.15, 0.2) is 9.84 Å². The van der Waals surface area contributed by atoms with Gasteiger partial charge in [-0.05, 0) is 73.4 Å². The normalized spacial score (nSPS) is 25.5. The Bertz CT molecular complexity index is 1320. The van der Waals surface area contributed by atoms with Crippen LogP contribution in [0.3, 0.4) is 0 Å². The van der Waals surface area contributed by atoms with Crippen molar-refractivity contribution in [2.75, 3.05) is 45.5 Å². The summed E-state index contributed by atoms with van der Waals surface area (Å²) < 4.78 is 23.5. The first-order valence-electron chi connectivity index (χ1n) is 14.3. The molecule has 4 aliphatic rings. The lowest BCUT2D eigenvalue weighted by Crippen LogP contribution is -2.44. The first kappa shape index (κ1) is 26.5. The molecular weight excluding hydrogens is 510 g/mol. The van der Waals surface area contributed by atoms with Gasteiger partial charge in [-0.25, -0.2) is 8.42 Å². The van der Waals surface area contributed by atoms with Gasteiger partial charge in [0.25, 0.3) is 0 Å². The van der Waals surface area contributed by atoms with Crippen molar-refractivity contribution < 1.29 is 18.0 Å². The summed E-state index contributed by atoms with van der Waals surface area (Å²) in [4.78, 5) is 32.8. The molecule has 2 aromatic rings. The number of carbonyl (C=O) groups excluding carboxylic acids is 2. The lowest BCUT2D eigenvalue weighted by Gasteiger charge is -2.40. The topological polar surface area (TPSA) is 78.0 Å². The molecule has 0 aromatic heterocycles. The Labute approximate surface area is 232 Å². The van der Waals surface area contributed by atoms with Crippen molar-refractivity contribution in [1.29, 1.82) is 0 Å². The van der Waals surface area contributed by atoms with E-state index in [1.165, 1.54) is 11.8 Å². The van der Waals surface area contributed by atoms with Crippen LogP contribution in [0.5, 0.6) is 0 Å². The maximum Gasteiger partial charge on any atom is 0.225 e. The smallest absolute Gasteiger partial charge is 0.225 e. The molecule has 208 valence electrons. The van der Waals surface area contributed by atoms with E-state index in [-0.39, 0.29) is 17.2 Å². The van der Waals surface area contributed by atoms with Gasteiger partial charge in [0.1, 0.15) is 0 Å². The molecule has 1 spiro atoms. The lowest BCUT2D eigenvalue weighted by molar-refractivity contribution is -0.131. The number of rotatable bonds is 7. The van der Waals surface area contributed by atoms with E-state index in [0.717, 1.165) is 70.5 Å². The number of amides is 2. The number of carbonyl (C=O) groups is 2. The van der Waals surface area contributed by atoms with Crippen LogP contribution in [-0.2, 0) is 26.0 Å². The number of nitrogens with zero attached hydrogens (tertiary/aromatic N) is 3. The highest BCUT2D eigenvalue weighted by molar-refractivity contribution is 7.90. The average Bonchev–Trinajstić information content (AvgIpc) is 3.62. The van der Waals surface area contributed by atoms with Crippen LogP contribution in [0.2, 0.25) is 0 Å². The molecule has 1 saturated carbocycles. The second-order valence-electron chi connectivity index (χ2n) is 12.4. The molecule has 0 radical (unpaired) electrons. The highest BCUT2D eigenvalue weighted by atomic mass is 32.2. The molecule has 8 heteroatoms. The summed E-state index contributed by atoms with van der Waals surface area (Å²) in [6, 6.07) is 17.6. The van der Waals surface area contributed by atoms with E-state index in [0.29, 0.717) is 35.6 Å². The third kappa shape index (κ3) is 5.78. The molecule has 4 fully saturated rings. The number of hydrogen-bond donors (Lipinski definition) is 0. The first-order valence-corrected chi connectivity index (χ1v) is 16.2. The summed E-state index contributed by atoms with van der Waals surface area (Å²) in [5, 5.41) is 0. The second kappa shape index (κ2) is 10.4. The van der Waals surface area contributed by atoms with Gasteiger partial charge in [0, 0.05) is 57.2 Å². The van der Waals surface area contributed by atoms with Gasteiger partial charge in [-0.2, -0.15) is 0 Å². The highest BCUT2D eigenvalue weighted by Gasteiger charge is 2.46. The van der Waals surface area contributed by atoms with Crippen LogP contribution in [0, 0.1) is 17.3 Å². The van der Waals surface area contributed by atoms with E-state index >= 15 is 0 Å². The number of likely N-dealkylation sites (tertiary alicyclic amines) is 3. The van der Waals surface area contributed by atoms with Crippen LogP contribution in [0.1, 0.15) is 49.1 Å². The van der Waals surface area contributed by atoms with Crippen molar-refractivity contribution in [3.05, 3.63) is 65.7 Å². The van der Waals surface area contributed by atoms with Crippen LogP contribution in [0.4, 0.5) is 0 Å². The molecule has 2 aromatic carbocycles. The molecule has 39 heavy (non-hydrogen) atoms. The maximum absolute atomic E-state index is 13.0. The Kier molecular flexibility index (Phi) is 7.04. The standard InChI is InChI=1S/C31H39N3O4S/c1-39(37,38)27-11-7-23(8-12-27)18-34-22-31(17-29(34)35)13-15-32(16-14-31)19-26-20-33(30(36)25-9-10-25)21-28(26)24-5-3-2-4-6-24/h2-8,11-12,25-26,28H,9-10,13-22H2,1H3/t26-,28+/m0/s1. The third-order valence-electron chi connectivity index (χ3n) is 9.45. The molecule has 7 nitrogen and oxygen atoms in total. The summed E-state index contributed by atoms with van der Waals surface area (Å²) in [6.45, 7) is 5.94. The van der Waals surface area contributed by atoms with E-state index in [4.69, 9.17) is 0 Å². The molecule has 3 saturated heterocycles. The molecule has 0 N–H and O–H groups in total. The van der Waals surface area contributed by atoms with E-state index in [9.17, 15) is 18.0 Å². The molecule has 0 bridgehead atoms. The van der Waals surface area contributed by atoms with Crippen LogP contribution < -0.4 is 0 Å². The quantitative estimate of drug-likeness (QED) is 0.528. The predicted octanol–water partition coefficient (Wildman–Crippen LogP) is 3.56. The summed E-state index contributed by atoms with van der Waals surface area (Å²) >= 11 is 0. The Hall–Kier alpha value is -2.71. The number of hydrogen-bond acceptors (Lipinski definition) is 5. The first-order chi connectivity index (χ1) is 18.7. The maximum atomic E-state index is 13.0. The monoisotopic (exact) mass is 549 g/mol. The Morgan fingerprint density at radius 2 is 1.67 bits per heavy atom. The second-order valence-corrected chi connectivity index (χ2v) is 14.5. The van der Waals surface area contributed by atoms with Crippen LogP contribution >= 0.6 is 0 Å². The SMILES string of the molecule is CS(=O)(=O)c1ccc(CN2CC3(CCN(C[C@H]4CN(C(=O)C5CC5)C[C@@H]4c4ccccc4)CC3)CC2=O)cc1. The van der Waals surface area contributed by atoms with Crippen LogP contribution in [0.15, 0.2) is 59.5 Å². The van der Waals surface area contributed by atoms with Gasteiger partial charge in [-0.15, -0.1) is 0 Å². The number of sulfone groups is 1. The third-order valence-corrected chi connectivity index (χ3v) is 10.6. The molecule has 0 unspecified atom stereocenters.